The van der Waals surface area contributed by atoms with Gasteiger partial charge in [0.05, 0.1) is 5.69 Å². The van der Waals surface area contributed by atoms with Gasteiger partial charge in [-0.05, 0) is 19.1 Å². The summed E-state index contributed by atoms with van der Waals surface area (Å²) in [5.74, 6) is 1.08. The monoisotopic (exact) mass is 350 g/mol. The smallest absolute Gasteiger partial charge is 0.128 e. The fourth-order valence-corrected chi connectivity index (χ4v) is 3.93. The van der Waals surface area contributed by atoms with Crippen molar-refractivity contribution in [1.29, 1.82) is 0 Å². The first-order valence-electron chi connectivity index (χ1n) is 8.68. The minimum Gasteiger partial charge on any atom is -0.354 e. The number of benzene rings is 1. The summed E-state index contributed by atoms with van der Waals surface area (Å²) in [5, 5.41) is 3.31. The first-order valence-corrected chi connectivity index (χ1v) is 9.56. The van der Waals surface area contributed by atoms with E-state index in [1.165, 1.54) is 16.8 Å². The molecule has 1 aliphatic rings. The van der Waals surface area contributed by atoms with E-state index in [4.69, 9.17) is 4.98 Å². The van der Waals surface area contributed by atoms with Gasteiger partial charge in [-0.1, -0.05) is 35.9 Å². The lowest BCUT2D eigenvalue weighted by Gasteiger charge is -2.35. The van der Waals surface area contributed by atoms with Crippen LogP contribution in [0, 0.1) is 6.92 Å². The van der Waals surface area contributed by atoms with Crippen LogP contribution in [0.25, 0.3) is 10.6 Å². The topological polar surface area (TPSA) is 32.3 Å². The zero-order valence-electron chi connectivity index (χ0n) is 14.4. The predicted octanol–water partition coefficient (Wildman–Crippen LogP) is 3.84. The quantitative estimate of drug-likeness (QED) is 0.716. The molecule has 2 aromatic heterocycles. The van der Waals surface area contributed by atoms with E-state index in [1.54, 1.807) is 11.3 Å². The summed E-state index contributed by atoms with van der Waals surface area (Å²) in [6.07, 6.45) is 1.86. The van der Waals surface area contributed by atoms with E-state index in [0.717, 1.165) is 43.5 Å². The second-order valence-electron chi connectivity index (χ2n) is 6.46. The van der Waals surface area contributed by atoms with Crippen LogP contribution in [0.2, 0.25) is 0 Å². The summed E-state index contributed by atoms with van der Waals surface area (Å²) in [5.41, 5.74) is 3.67. The molecule has 1 saturated heterocycles. The van der Waals surface area contributed by atoms with Crippen LogP contribution in [0.4, 0.5) is 5.82 Å². The van der Waals surface area contributed by atoms with Gasteiger partial charge in [0.25, 0.3) is 0 Å². The van der Waals surface area contributed by atoms with Gasteiger partial charge >= 0.3 is 0 Å². The lowest BCUT2D eigenvalue weighted by molar-refractivity contribution is 0.247. The largest absolute Gasteiger partial charge is 0.354 e. The molecule has 4 nitrogen and oxygen atoms in total. The third-order valence-corrected chi connectivity index (χ3v) is 5.52. The zero-order chi connectivity index (χ0) is 17.1. The number of anilines is 1. The average Bonchev–Trinajstić information content (AvgIpc) is 3.12. The van der Waals surface area contributed by atoms with Gasteiger partial charge in [0.15, 0.2) is 0 Å². The molecule has 1 aromatic carbocycles. The van der Waals surface area contributed by atoms with E-state index in [1.807, 2.05) is 12.3 Å². The van der Waals surface area contributed by atoms with Crippen LogP contribution in [0.1, 0.15) is 11.3 Å². The molecule has 0 N–H and O–H groups in total. The maximum atomic E-state index is 4.83. The molecule has 0 saturated carbocycles. The van der Waals surface area contributed by atoms with E-state index in [9.17, 15) is 0 Å². The first-order chi connectivity index (χ1) is 12.3. The Bertz CT molecular complexity index is 805. The van der Waals surface area contributed by atoms with Gasteiger partial charge in [-0.3, -0.25) is 4.90 Å². The van der Waals surface area contributed by atoms with Gasteiger partial charge in [0, 0.05) is 49.9 Å². The van der Waals surface area contributed by atoms with Crippen molar-refractivity contribution >= 4 is 17.2 Å². The third kappa shape index (κ3) is 3.89. The molecule has 0 radical (unpaired) electrons. The highest BCUT2D eigenvalue weighted by Gasteiger charge is 2.18. The number of hydrogen-bond acceptors (Lipinski definition) is 5. The van der Waals surface area contributed by atoms with Crippen molar-refractivity contribution in [2.24, 2.45) is 0 Å². The summed E-state index contributed by atoms with van der Waals surface area (Å²) >= 11 is 1.74. The van der Waals surface area contributed by atoms with Crippen LogP contribution >= 0.6 is 11.3 Å². The molecule has 0 aliphatic carbocycles. The van der Waals surface area contributed by atoms with Crippen molar-refractivity contribution in [3.05, 3.63) is 65.3 Å². The lowest BCUT2D eigenvalue weighted by atomic mass is 10.2. The van der Waals surface area contributed by atoms with E-state index in [2.05, 4.69) is 63.5 Å². The SMILES string of the molecule is Cc1ccc(-c2nc(CN3CCN(c4ccccn4)CC3)cs2)cc1. The lowest BCUT2D eigenvalue weighted by Crippen LogP contribution is -2.46. The van der Waals surface area contributed by atoms with Gasteiger partial charge < -0.3 is 4.90 Å². The number of piperazine rings is 1. The second-order valence-corrected chi connectivity index (χ2v) is 7.32. The zero-order valence-corrected chi connectivity index (χ0v) is 15.2. The summed E-state index contributed by atoms with van der Waals surface area (Å²) in [4.78, 5) is 14.1. The van der Waals surface area contributed by atoms with Gasteiger partial charge in [0.2, 0.25) is 0 Å². The Kier molecular flexibility index (Phi) is 4.76. The van der Waals surface area contributed by atoms with Gasteiger partial charge in [0.1, 0.15) is 10.8 Å². The van der Waals surface area contributed by atoms with Gasteiger partial charge in [-0.2, -0.15) is 0 Å². The van der Waals surface area contributed by atoms with E-state index in [0.29, 0.717) is 0 Å². The minimum absolute atomic E-state index is 0.929. The molecule has 4 rings (SSSR count). The number of pyridine rings is 1. The molecule has 0 atom stereocenters. The highest BCUT2D eigenvalue weighted by Crippen LogP contribution is 2.25. The average molecular weight is 350 g/mol. The van der Waals surface area contributed by atoms with E-state index >= 15 is 0 Å². The van der Waals surface area contributed by atoms with Crippen molar-refractivity contribution in [1.82, 2.24) is 14.9 Å². The molecule has 0 bridgehead atoms. The molecule has 5 heteroatoms. The Labute approximate surface area is 152 Å². The van der Waals surface area contributed by atoms with Gasteiger partial charge in [-0.15, -0.1) is 11.3 Å². The van der Waals surface area contributed by atoms with E-state index in [-0.39, 0.29) is 0 Å². The Hall–Kier alpha value is -2.24. The summed E-state index contributed by atoms with van der Waals surface area (Å²) in [6, 6.07) is 14.7. The Morgan fingerprint density at radius 3 is 2.52 bits per heavy atom. The van der Waals surface area contributed by atoms with Gasteiger partial charge in [-0.25, -0.2) is 9.97 Å². The fraction of sp³-hybridized carbons (Fsp3) is 0.300. The van der Waals surface area contributed by atoms with E-state index < -0.39 is 0 Å². The molecular weight excluding hydrogens is 328 g/mol. The number of rotatable bonds is 4. The van der Waals surface area contributed by atoms with Crippen LogP contribution < -0.4 is 4.90 Å². The summed E-state index contributed by atoms with van der Waals surface area (Å²) in [7, 11) is 0. The maximum Gasteiger partial charge on any atom is 0.128 e. The van der Waals surface area contributed by atoms with Crippen molar-refractivity contribution in [3.8, 4) is 10.6 Å². The molecule has 0 unspecified atom stereocenters. The standard InChI is InChI=1S/C20H22N4S/c1-16-5-7-17(8-6-16)20-22-18(15-25-20)14-23-10-12-24(13-11-23)19-4-2-3-9-21-19/h2-9,15H,10-14H2,1H3. The molecule has 1 aliphatic heterocycles. The second kappa shape index (κ2) is 7.33. The predicted molar refractivity (Wildman–Crippen MR) is 104 cm³/mol. The normalized spacial score (nSPS) is 15.5. The molecular formula is C20H22N4S. The molecule has 3 heterocycles. The highest BCUT2D eigenvalue weighted by atomic mass is 32.1. The number of aryl methyl sites for hydroxylation is 1. The minimum atomic E-state index is 0.929. The Morgan fingerprint density at radius 1 is 1.00 bits per heavy atom. The summed E-state index contributed by atoms with van der Waals surface area (Å²) in [6.45, 7) is 7.18. The van der Waals surface area contributed by atoms with Crippen molar-refractivity contribution < 1.29 is 0 Å². The Balaban J connectivity index is 1.35. The van der Waals surface area contributed by atoms with Crippen LogP contribution in [0.5, 0.6) is 0 Å². The molecule has 3 aromatic rings. The highest BCUT2D eigenvalue weighted by molar-refractivity contribution is 7.13. The molecule has 0 spiro atoms. The molecule has 0 amide bonds. The van der Waals surface area contributed by atoms with Crippen LogP contribution in [-0.2, 0) is 6.54 Å². The first kappa shape index (κ1) is 16.2. The summed E-state index contributed by atoms with van der Waals surface area (Å²) < 4.78 is 0. The fourth-order valence-electron chi connectivity index (χ4n) is 3.11. The van der Waals surface area contributed by atoms with Crippen LogP contribution in [-0.4, -0.2) is 41.0 Å². The molecule has 128 valence electrons. The van der Waals surface area contributed by atoms with Crippen molar-refractivity contribution in [2.75, 3.05) is 31.1 Å². The third-order valence-electron chi connectivity index (χ3n) is 4.58. The van der Waals surface area contributed by atoms with Crippen LogP contribution in [0.3, 0.4) is 0 Å². The number of hydrogen-bond donors (Lipinski definition) is 0. The molecule has 1 fully saturated rings. The number of thiazole rings is 1. The number of aromatic nitrogens is 2. The van der Waals surface area contributed by atoms with Crippen molar-refractivity contribution in [2.45, 2.75) is 13.5 Å². The van der Waals surface area contributed by atoms with Crippen LogP contribution in [0.15, 0.2) is 54.0 Å². The Morgan fingerprint density at radius 2 is 1.80 bits per heavy atom. The maximum absolute atomic E-state index is 4.83. The number of nitrogens with zero attached hydrogens (tertiary/aromatic N) is 4. The molecule has 25 heavy (non-hydrogen) atoms. The van der Waals surface area contributed by atoms with Crippen molar-refractivity contribution in [3.63, 3.8) is 0 Å².